The molecule has 96 valence electrons. The highest BCUT2D eigenvalue weighted by molar-refractivity contribution is 7.93. The van der Waals surface area contributed by atoms with Crippen LogP contribution in [0.3, 0.4) is 0 Å². The minimum Gasteiger partial charge on any atom is -0.506 e. The number of phenols is 1. The molecular weight excluding hydrogens is 276 g/mol. The molecule has 0 unspecified atom stereocenters. The van der Waals surface area contributed by atoms with E-state index < -0.39 is 10.0 Å². The first-order valence-electron chi connectivity index (χ1n) is 4.80. The van der Waals surface area contributed by atoms with Crippen LogP contribution in [0, 0.1) is 6.92 Å². The van der Waals surface area contributed by atoms with Gasteiger partial charge in [-0.3, -0.25) is 4.72 Å². The predicted molar refractivity (Wildman–Crippen MR) is 68.0 cm³/mol. The van der Waals surface area contributed by atoms with Crippen molar-refractivity contribution >= 4 is 32.2 Å². The van der Waals surface area contributed by atoms with Gasteiger partial charge in [0.25, 0.3) is 10.0 Å². The van der Waals surface area contributed by atoms with Gasteiger partial charge < -0.3 is 10.8 Å². The highest BCUT2D eigenvalue weighted by Crippen LogP contribution is 2.25. The van der Waals surface area contributed by atoms with Crippen LogP contribution in [0.15, 0.2) is 23.1 Å². The third-order valence-electron chi connectivity index (χ3n) is 2.06. The van der Waals surface area contributed by atoms with Gasteiger partial charge in [0, 0.05) is 6.07 Å². The number of nitrogens with two attached hydrogens (primary N) is 1. The van der Waals surface area contributed by atoms with Crippen LogP contribution in [0.5, 0.6) is 5.75 Å². The van der Waals surface area contributed by atoms with Gasteiger partial charge in [0.05, 0.1) is 10.6 Å². The maximum atomic E-state index is 12.0. The van der Waals surface area contributed by atoms with E-state index in [2.05, 4.69) is 14.9 Å². The Morgan fingerprint density at radius 2 is 2.11 bits per heavy atom. The summed E-state index contributed by atoms with van der Waals surface area (Å²) in [6, 6.07) is 3.69. The molecule has 1 aromatic heterocycles. The van der Waals surface area contributed by atoms with E-state index in [9.17, 15) is 13.5 Å². The topological polar surface area (TPSA) is 118 Å². The van der Waals surface area contributed by atoms with Crippen molar-refractivity contribution in [2.75, 3.05) is 10.5 Å². The molecule has 0 aliphatic carbocycles. The van der Waals surface area contributed by atoms with E-state index in [1.807, 2.05) is 0 Å². The van der Waals surface area contributed by atoms with Crippen molar-refractivity contribution in [3.05, 3.63) is 23.2 Å². The van der Waals surface area contributed by atoms with Crippen LogP contribution in [0.4, 0.5) is 10.8 Å². The third-order valence-corrected chi connectivity index (χ3v) is 4.28. The van der Waals surface area contributed by atoms with Gasteiger partial charge >= 0.3 is 0 Å². The van der Waals surface area contributed by atoms with Crippen LogP contribution in [0.2, 0.25) is 0 Å². The molecule has 0 spiro atoms. The fraction of sp³-hybridized carbons (Fsp3) is 0.111. The molecule has 0 aliphatic rings. The van der Waals surface area contributed by atoms with Crippen LogP contribution in [-0.2, 0) is 10.0 Å². The smallest absolute Gasteiger partial charge is 0.263 e. The van der Waals surface area contributed by atoms with Gasteiger partial charge in [0.15, 0.2) is 0 Å². The van der Waals surface area contributed by atoms with E-state index in [1.54, 1.807) is 6.92 Å². The predicted octanol–water partition coefficient (Wildman–Crippen LogP) is 0.935. The standard InChI is InChI=1S/C9H10N4O3S2/c1-5-11-12-9(17-5)13-18(15,16)6-2-3-7(10)8(14)4-6/h2-4,14H,10H2,1H3,(H,12,13). The average Bonchev–Trinajstić information content (AvgIpc) is 2.67. The van der Waals surface area contributed by atoms with Crippen LogP contribution >= 0.6 is 11.3 Å². The van der Waals surface area contributed by atoms with Gasteiger partial charge in [-0.05, 0) is 19.1 Å². The normalized spacial score (nSPS) is 11.4. The minimum atomic E-state index is -3.80. The average molecular weight is 286 g/mol. The summed E-state index contributed by atoms with van der Waals surface area (Å²) in [6.45, 7) is 1.71. The molecule has 0 saturated carbocycles. The van der Waals surface area contributed by atoms with E-state index in [4.69, 9.17) is 5.73 Å². The molecule has 0 saturated heterocycles. The molecule has 1 heterocycles. The Labute approximate surface area is 107 Å². The first-order valence-corrected chi connectivity index (χ1v) is 7.10. The van der Waals surface area contributed by atoms with E-state index in [0.717, 1.165) is 17.4 Å². The van der Waals surface area contributed by atoms with Crippen molar-refractivity contribution < 1.29 is 13.5 Å². The second-order valence-corrected chi connectivity index (χ2v) is 6.32. The fourth-order valence-electron chi connectivity index (χ4n) is 1.20. The number of sulfonamides is 1. The molecule has 2 aromatic rings. The minimum absolute atomic E-state index is 0.0953. The van der Waals surface area contributed by atoms with Gasteiger partial charge in [0.1, 0.15) is 10.8 Å². The summed E-state index contributed by atoms with van der Waals surface area (Å²) in [4.78, 5) is -0.0953. The number of hydrogen-bond donors (Lipinski definition) is 3. The van der Waals surface area contributed by atoms with Gasteiger partial charge in [0.2, 0.25) is 5.13 Å². The molecule has 0 aliphatic heterocycles. The summed E-state index contributed by atoms with van der Waals surface area (Å²) in [7, 11) is -3.80. The molecule has 0 fully saturated rings. The number of nitrogens with one attached hydrogen (secondary N) is 1. The number of rotatable bonds is 3. The van der Waals surface area contributed by atoms with E-state index >= 15 is 0 Å². The van der Waals surface area contributed by atoms with E-state index in [-0.39, 0.29) is 21.5 Å². The van der Waals surface area contributed by atoms with Crippen LogP contribution in [-0.4, -0.2) is 23.7 Å². The molecule has 2 rings (SSSR count). The second-order valence-electron chi connectivity index (χ2n) is 3.45. The van der Waals surface area contributed by atoms with E-state index in [0.29, 0.717) is 5.01 Å². The summed E-state index contributed by atoms with van der Waals surface area (Å²) < 4.78 is 26.2. The number of aromatic hydroxyl groups is 1. The number of phenolic OH excluding ortho intramolecular Hbond substituents is 1. The number of nitrogen functional groups attached to an aromatic ring is 1. The Morgan fingerprint density at radius 3 is 2.67 bits per heavy atom. The number of benzene rings is 1. The molecule has 0 radical (unpaired) electrons. The lowest BCUT2D eigenvalue weighted by Gasteiger charge is -2.06. The molecule has 0 bridgehead atoms. The van der Waals surface area contributed by atoms with Crippen molar-refractivity contribution in [3.63, 3.8) is 0 Å². The first kappa shape index (κ1) is 12.6. The van der Waals surface area contributed by atoms with Crippen LogP contribution in [0.1, 0.15) is 5.01 Å². The zero-order valence-electron chi connectivity index (χ0n) is 9.28. The molecule has 7 nitrogen and oxygen atoms in total. The molecule has 0 amide bonds. The first-order chi connectivity index (χ1) is 8.38. The van der Waals surface area contributed by atoms with Crippen molar-refractivity contribution in [1.82, 2.24) is 10.2 Å². The number of hydrogen-bond acceptors (Lipinski definition) is 7. The lowest BCUT2D eigenvalue weighted by molar-refractivity contribution is 0.476. The Bertz CT molecular complexity index is 681. The van der Waals surface area contributed by atoms with E-state index in [1.165, 1.54) is 12.1 Å². The monoisotopic (exact) mass is 286 g/mol. The molecule has 18 heavy (non-hydrogen) atoms. The molecule has 9 heteroatoms. The van der Waals surface area contributed by atoms with Crippen molar-refractivity contribution in [1.29, 1.82) is 0 Å². The highest BCUT2D eigenvalue weighted by atomic mass is 32.2. The van der Waals surface area contributed by atoms with Crippen LogP contribution < -0.4 is 10.5 Å². The number of anilines is 2. The van der Waals surface area contributed by atoms with Crippen molar-refractivity contribution in [2.45, 2.75) is 11.8 Å². The van der Waals surface area contributed by atoms with Crippen molar-refractivity contribution in [2.24, 2.45) is 0 Å². The summed E-state index contributed by atoms with van der Waals surface area (Å²) in [5.41, 5.74) is 5.51. The van der Waals surface area contributed by atoms with Gasteiger partial charge in [-0.2, -0.15) is 0 Å². The fourth-order valence-corrected chi connectivity index (χ4v) is 3.04. The Balaban J connectivity index is 2.33. The molecule has 1 aromatic carbocycles. The Hall–Kier alpha value is -1.87. The lowest BCUT2D eigenvalue weighted by Crippen LogP contribution is -2.12. The van der Waals surface area contributed by atoms with Gasteiger partial charge in [-0.1, -0.05) is 11.3 Å². The van der Waals surface area contributed by atoms with Crippen molar-refractivity contribution in [3.8, 4) is 5.75 Å². The number of aryl methyl sites for hydroxylation is 1. The summed E-state index contributed by atoms with van der Waals surface area (Å²) in [6.07, 6.45) is 0. The quantitative estimate of drug-likeness (QED) is 0.570. The zero-order chi connectivity index (χ0) is 13.3. The second kappa shape index (κ2) is 4.42. The lowest BCUT2D eigenvalue weighted by atomic mass is 10.3. The maximum Gasteiger partial charge on any atom is 0.263 e. The molecule has 0 atom stereocenters. The molecular formula is C9H10N4O3S2. The summed E-state index contributed by atoms with van der Waals surface area (Å²) in [5, 5.41) is 17.6. The zero-order valence-corrected chi connectivity index (χ0v) is 10.9. The number of nitrogens with zero attached hydrogens (tertiary/aromatic N) is 2. The summed E-state index contributed by atoms with van der Waals surface area (Å²) >= 11 is 1.12. The largest absolute Gasteiger partial charge is 0.506 e. The number of aromatic nitrogens is 2. The summed E-state index contributed by atoms with van der Waals surface area (Å²) in [5.74, 6) is -0.286. The highest BCUT2D eigenvalue weighted by Gasteiger charge is 2.17. The molecule has 4 N–H and O–H groups in total. The Kier molecular flexibility index (Phi) is 3.09. The Morgan fingerprint density at radius 1 is 1.39 bits per heavy atom. The third kappa shape index (κ3) is 2.51. The van der Waals surface area contributed by atoms with Crippen LogP contribution in [0.25, 0.3) is 0 Å². The maximum absolute atomic E-state index is 12.0. The SMILES string of the molecule is Cc1nnc(NS(=O)(=O)c2ccc(N)c(O)c2)s1. The van der Waals surface area contributed by atoms with Gasteiger partial charge in [-0.25, -0.2) is 8.42 Å². The van der Waals surface area contributed by atoms with Gasteiger partial charge in [-0.15, -0.1) is 10.2 Å².